The Bertz CT molecular complexity index is 755. The van der Waals surface area contributed by atoms with Gasteiger partial charge in [-0.25, -0.2) is 0 Å². The molecule has 8 nitrogen and oxygen atoms in total. The van der Waals surface area contributed by atoms with Crippen LogP contribution in [0.2, 0.25) is 0 Å². The van der Waals surface area contributed by atoms with Crippen LogP contribution in [0.4, 0.5) is 11.4 Å². The summed E-state index contributed by atoms with van der Waals surface area (Å²) in [5.41, 5.74) is 1.61. The Kier molecular flexibility index (Phi) is 6.67. The maximum atomic E-state index is 11.1. The molecule has 0 aliphatic carbocycles. The van der Waals surface area contributed by atoms with Crippen molar-refractivity contribution in [1.29, 1.82) is 0 Å². The number of alkyl halides is 1. The molecule has 0 spiro atoms. The zero-order valence-corrected chi connectivity index (χ0v) is 14.2. The molecule has 1 heterocycles. The molecule has 0 radical (unpaired) electrons. The molecule has 0 fully saturated rings. The third-order valence-electron chi connectivity index (χ3n) is 3.19. The molecule has 0 saturated carbocycles. The molecule has 2 aromatic rings. The summed E-state index contributed by atoms with van der Waals surface area (Å²) in [5, 5.41) is 27.4. The van der Waals surface area contributed by atoms with Crippen LogP contribution in [-0.4, -0.2) is 39.3 Å². The van der Waals surface area contributed by atoms with Crippen LogP contribution in [0.5, 0.6) is 5.75 Å². The number of aromatic nitrogens is 1. The predicted molar refractivity (Wildman–Crippen MR) is 95.4 cm³/mol. The highest BCUT2D eigenvalue weighted by Gasteiger charge is 2.12. The lowest BCUT2D eigenvalue weighted by Crippen LogP contribution is -2.20. The van der Waals surface area contributed by atoms with E-state index in [1.54, 1.807) is 31.5 Å². The molecular formula is C16H17ClN4O4. The number of rotatable bonds is 8. The zero-order valence-electron chi connectivity index (χ0n) is 13.4. The van der Waals surface area contributed by atoms with Gasteiger partial charge in [-0.2, -0.15) is 0 Å². The van der Waals surface area contributed by atoms with Crippen molar-refractivity contribution in [2.24, 2.45) is 5.16 Å². The molecule has 0 aliphatic heterocycles. The van der Waals surface area contributed by atoms with E-state index in [0.29, 0.717) is 11.4 Å². The van der Waals surface area contributed by atoms with Crippen molar-refractivity contribution in [3.8, 4) is 5.75 Å². The lowest BCUT2D eigenvalue weighted by molar-refractivity contribution is -0.384. The summed E-state index contributed by atoms with van der Waals surface area (Å²) in [6, 6.07) is 7.75. The Morgan fingerprint density at radius 1 is 1.52 bits per heavy atom. The van der Waals surface area contributed by atoms with Gasteiger partial charge in [-0.15, -0.1) is 11.6 Å². The third-order valence-corrected chi connectivity index (χ3v) is 3.55. The van der Waals surface area contributed by atoms with E-state index >= 15 is 0 Å². The summed E-state index contributed by atoms with van der Waals surface area (Å²) in [5.74, 6) is 0.250. The Morgan fingerprint density at radius 2 is 2.32 bits per heavy atom. The van der Waals surface area contributed by atoms with E-state index in [2.05, 4.69) is 15.5 Å². The van der Waals surface area contributed by atoms with Crippen molar-refractivity contribution in [3.63, 3.8) is 0 Å². The van der Waals surface area contributed by atoms with E-state index < -0.39 is 11.0 Å². The summed E-state index contributed by atoms with van der Waals surface area (Å²) in [6.45, 7) is 1.90. The van der Waals surface area contributed by atoms with Gasteiger partial charge in [0.25, 0.3) is 5.69 Å². The second kappa shape index (κ2) is 8.95. The van der Waals surface area contributed by atoms with Crippen molar-refractivity contribution >= 4 is 28.7 Å². The minimum Gasteiger partial charge on any atom is -0.390 e. The minimum atomic E-state index is -0.767. The number of aliphatic hydroxyl groups excluding tert-OH is 1. The summed E-state index contributed by atoms with van der Waals surface area (Å²) in [7, 11) is 0. The number of hydrogen-bond acceptors (Lipinski definition) is 7. The third kappa shape index (κ3) is 5.70. The SMILES string of the molecule is CC(=NOc1cc(NCC(O)CCl)cc([N+](=O)[O-])c1)c1cccnc1. The minimum absolute atomic E-state index is 0.0554. The first-order valence-electron chi connectivity index (χ1n) is 7.39. The Labute approximate surface area is 149 Å². The molecule has 2 rings (SSSR count). The summed E-state index contributed by atoms with van der Waals surface area (Å²) < 4.78 is 0. The van der Waals surface area contributed by atoms with Crippen LogP contribution in [0.25, 0.3) is 0 Å². The zero-order chi connectivity index (χ0) is 18.2. The van der Waals surface area contributed by atoms with Gasteiger partial charge < -0.3 is 15.3 Å². The van der Waals surface area contributed by atoms with Gasteiger partial charge in [0.1, 0.15) is 0 Å². The number of anilines is 1. The maximum Gasteiger partial charge on any atom is 0.275 e. The van der Waals surface area contributed by atoms with E-state index in [4.69, 9.17) is 16.4 Å². The Balaban J connectivity index is 2.18. The van der Waals surface area contributed by atoms with Crippen molar-refractivity contribution < 1.29 is 14.9 Å². The van der Waals surface area contributed by atoms with Gasteiger partial charge in [0.15, 0.2) is 5.75 Å². The molecular weight excluding hydrogens is 348 g/mol. The fraction of sp³-hybridized carbons (Fsp3) is 0.250. The number of oxime groups is 1. The lowest BCUT2D eigenvalue weighted by atomic mass is 10.2. The molecule has 0 saturated heterocycles. The average Bonchev–Trinajstić information content (AvgIpc) is 2.64. The quantitative estimate of drug-likeness (QED) is 0.322. The highest BCUT2D eigenvalue weighted by atomic mass is 35.5. The molecule has 1 aromatic heterocycles. The summed E-state index contributed by atoms with van der Waals surface area (Å²) >= 11 is 5.53. The van der Waals surface area contributed by atoms with Gasteiger partial charge in [-0.05, 0) is 19.1 Å². The molecule has 0 aliphatic rings. The fourth-order valence-corrected chi connectivity index (χ4v) is 1.99. The number of benzene rings is 1. The fourth-order valence-electron chi connectivity index (χ4n) is 1.88. The van der Waals surface area contributed by atoms with Gasteiger partial charge in [0, 0.05) is 42.3 Å². The molecule has 25 heavy (non-hydrogen) atoms. The average molecular weight is 365 g/mol. The summed E-state index contributed by atoms with van der Waals surface area (Å²) in [6.07, 6.45) is 2.51. The lowest BCUT2D eigenvalue weighted by Gasteiger charge is -2.11. The standard InChI is InChI=1S/C16H17ClN4O4/c1-11(12-3-2-4-18-9-12)20-25-16-6-13(19-10-15(22)8-17)5-14(7-16)21(23)24/h2-7,9,15,19,22H,8,10H2,1H3. The van der Waals surface area contributed by atoms with Crippen molar-refractivity contribution in [2.75, 3.05) is 17.7 Å². The van der Waals surface area contributed by atoms with E-state index in [1.165, 1.54) is 12.1 Å². The molecule has 0 amide bonds. The molecule has 0 bridgehead atoms. The number of aliphatic hydroxyl groups is 1. The number of nitrogens with zero attached hydrogens (tertiary/aromatic N) is 3. The normalized spacial score (nSPS) is 12.5. The number of halogens is 1. The largest absolute Gasteiger partial charge is 0.390 e. The van der Waals surface area contributed by atoms with E-state index in [-0.39, 0.29) is 23.9 Å². The predicted octanol–water partition coefficient (Wildman–Crippen LogP) is 2.80. The van der Waals surface area contributed by atoms with Crippen LogP contribution in [0, 0.1) is 10.1 Å². The highest BCUT2D eigenvalue weighted by molar-refractivity contribution is 6.18. The molecule has 2 N–H and O–H groups in total. The number of hydrogen-bond donors (Lipinski definition) is 2. The number of nitro groups is 1. The topological polar surface area (TPSA) is 110 Å². The molecule has 1 unspecified atom stereocenters. The van der Waals surface area contributed by atoms with Crippen molar-refractivity contribution in [1.82, 2.24) is 4.98 Å². The summed E-state index contributed by atoms with van der Waals surface area (Å²) in [4.78, 5) is 19.8. The first kappa shape index (κ1) is 18.6. The van der Waals surface area contributed by atoms with Crippen molar-refractivity contribution in [3.05, 3.63) is 58.4 Å². The van der Waals surface area contributed by atoms with Crippen LogP contribution in [0.3, 0.4) is 0 Å². The number of non-ortho nitro benzene ring substituents is 1. The second-order valence-electron chi connectivity index (χ2n) is 5.17. The van der Waals surface area contributed by atoms with E-state index in [1.807, 2.05) is 6.07 Å². The number of nitro benzene ring substituents is 1. The molecule has 132 valence electrons. The van der Waals surface area contributed by atoms with Gasteiger partial charge >= 0.3 is 0 Å². The second-order valence-corrected chi connectivity index (χ2v) is 5.48. The van der Waals surface area contributed by atoms with E-state index in [0.717, 1.165) is 5.56 Å². The van der Waals surface area contributed by atoms with Crippen LogP contribution in [0.15, 0.2) is 47.9 Å². The van der Waals surface area contributed by atoms with Gasteiger partial charge in [-0.3, -0.25) is 15.1 Å². The van der Waals surface area contributed by atoms with Crippen LogP contribution in [0.1, 0.15) is 12.5 Å². The van der Waals surface area contributed by atoms with Gasteiger partial charge in [0.05, 0.1) is 28.7 Å². The first-order chi connectivity index (χ1) is 12.0. The van der Waals surface area contributed by atoms with E-state index in [9.17, 15) is 15.2 Å². The van der Waals surface area contributed by atoms with Crippen LogP contribution >= 0.6 is 11.6 Å². The monoisotopic (exact) mass is 364 g/mol. The smallest absolute Gasteiger partial charge is 0.275 e. The highest BCUT2D eigenvalue weighted by Crippen LogP contribution is 2.26. The van der Waals surface area contributed by atoms with Gasteiger partial charge in [0.2, 0.25) is 0 Å². The maximum absolute atomic E-state index is 11.1. The molecule has 9 heteroatoms. The van der Waals surface area contributed by atoms with Gasteiger partial charge in [-0.1, -0.05) is 5.16 Å². The number of nitrogens with one attached hydrogen (secondary N) is 1. The molecule has 1 aromatic carbocycles. The Hall–Kier alpha value is -2.71. The number of pyridine rings is 1. The van der Waals surface area contributed by atoms with Crippen LogP contribution in [-0.2, 0) is 0 Å². The molecule has 1 atom stereocenters. The first-order valence-corrected chi connectivity index (χ1v) is 7.92. The van der Waals surface area contributed by atoms with Crippen LogP contribution < -0.4 is 10.2 Å². The Morgan fingerprint density at radius 3 is 2.96 bits per heavy atom. The van der Waals surface area contributed by atoms with Crippen molar-refractivity contribution in [2.45, 2.75) is 13.0 Å².